The maximum Gasteiger partial charge on any atom is 0.316 e. The molecule has 0 aliphatic carbocycles. The lowest BCUT2D eigenvalue weighted by Crippen LogP contribution is -1.89. The summed E-state index contributed by atoms with van der Waals surface area (Å²) in [5.74, 6) is 0.385. The molecule has 0 saturated carbocycles. The fraction of sp³-hybridized carbons (Fsp3) is 0.727. The van der Waals surface area contributed by atoms with E-state index in [1.165, 1.54) is 24.2 Å². The normalized spacial score (nSPS) is 12.1. The molecule has 1 heterocycles. The van der Waals surface area contributed by atoms with Crippen molar-refractivity contribution in [3.63, 3.8) is 0 Å². The Balaban J connectivity index is 0.000000557. The van der Waals surface area contributed by atoms with Gasteiger partial charge in [0.15, 0.2) is 0 Å². The van der Waals surface area contributed by atoms with Crippen LogP contribution in [0.15, 0.2) is 5.38 Å². The smallest absolute Gasteiger partial charge is 0.316 e. The summed E-state index contributed by atoms with van der Waals surface area (Å²) >= 11 is 1.45. The summed E-state index contributed by atoms with van der Waals surface area (Å²) in [6, 6.07) is 0. The third-order valence-corrected chi connectivity index (χ3v) is 3.21. The molecular formula is C11H22NO3PS. The number of rotatable bonds is 5. The van der Waals surface area contributed by atoms with Crippen molar-refractivity contribution in [2.75, 3.05) is 0 Å². The first-order valence-electron chi connectivity index (χ1n) is 5.81. The molecule has 1 unspecified atom stereocenters. The van der Waals surface area contributed by atoms with E-state index in [1.807, 2.05) is 5.38 Å². The van der Waals surface area contributed by atoms with Gasteiger partial charge in [-0.3, -0.25) is 4.57 Å². The quantitative estimate of drug-likeness (QED) is 0.828. The molecule has 1 aromatic rings. The van der Waals surface area contributed by atoms with E-state index in [0.717, 1.165) is 10.7 Å². The number of nitrogens with zero attached hydrogens (tertiary/aromatic N) is 1. The Kier molecular flexibility index (Phi) is 9.65. The van der Waals surface area contributed by atoms with Gasteiger partial charge in [-0.25, -0.2) is 4.98 Å². The average molecular weight is 279 g/mol. The van der Waals surface area contributed by atoms with Gasteiger partial charge in [-0.1, -0.05) is 40.5 Å². The Morgan fingerprint density at radius 2 is 2.06 bits per heavy atom. The fourth-order valence-corrected chi connectivity index (χ4v) is 2.01. The molecule has 0 aliphatic heterocycles. The minimum Gasteiger partial charge on any atom is -0.326 e. The lowest BCUT2D eigenvalue weighted by atomic mass is 10.2. The van der Waals surface area contributed by atoms with Crippen molar-refractivity contribution in [2.45, 2.75) is 53.1 Å². The number of unbranched alkanes of at least 4 members (excludes halogenated alkanes) is 1. The Morgan fingerprint density at radius 3 is 2.41 bits per heavy atom. The Labute approximate surface area is 108 Å². The number of hydrogen-bond acceptors (Lipinski definition) is 4. The summed E-state index contributed by atoms with van der Waals surface area (Å²) in [4.78, 5) is 12.7. The van der Waals surface area contributed by atoms with Gasteiger partial charge in [0.2, 0.25) is 0 Å². The van der Waals surface area contributed by atoms with Gasteiger partial charge in [0.05, 0.1) is 5.69 Å². The molecule has 6 heteroatoms. The zero-order chi connectivity index (χ0) is 13.3. The average Bonchev–Trinajstić information content (AvgIpc) is 2.75. The predicted molar refractivity (Wildman–Crippen MR) is 72.8 cm³/mol. The summed E-state index contributed by atoms with van der Waals surface area (Å²) in [5.41, 5.74) is 1.00. The highest BCUT2D eigenvalue weighted by Gasteiger charge is 2.05. The second kappa shape index (κ2) is 9.77. The number of thiazole rings is 1. The second-order valence-electron chi connectivity index (χ2n) is 3.88. The van der Waals surface area contributed by atoms with Crippen molar-refractivity contribution in [1.29, 1.82) is 0 Å². The molecule has 1 atom stereocenters. The van der Waals surface area contributed by atoms with Gasteiger partial charge in [0.1, 0.15) is 11.6 Å². The summed E-state index contributed by atoms with van der Waals surface area (Å²) in [7, 11) is -2.83. The van der Waals surface area contributed by atoms with Crippen molar-refractivity contribution >= 4 is 19.6 Å². The largest absolute Gasteiger partial charge is 0.326 e. The molecule has 1 aromatic heterocycles. The molecule has 0 saturated heterocycles. The molecule has 1 N–H and O–H groups in total. The van der Waals surface area contributed by atoms with Gasteiger partial charge < -0.3 is 9.42 Å². The van der Waals surface area contributed by atoms with E-state index >= 15 is 0 Å². The highest BCUT2D eigenvalue weighted by molar-refractivity contribution is 7.32. The Hall–Kier alpha value is -0.220. The summed E-state index contributed by atoms with van der Waals surface area (Å²) in [5, 5.41) is 2.69. The minimum absolute atomic E-state index is 0.131. The first kappa shape index (κ1) is 16.8. The molecule has 0 aliphatic rings. The summed E-state index contributed by atoms with van der Waals surface area (Å²) in [6.07, 6.45) is 2.64. The SMILES string of the molecule is CC(C)c1csc(CO[PH](=O)O)n1.CCCC. The standard InChI is InChI=1S/C7H12NO3PS.C4H10/c1-5(2)6-4-13-7(8-6)3-11-12(9)10;1-3-4-2/h4-5,12H,3H2,1-2H3,(H,9,10);3-4H2,1-2H3. The molecule has 0 aromatic carbocycles. The zero-order valence-corrected chi connectivity index (χ0v) is 12.7. The first-order chi connectivity index (χ1) is 8.01. The molecule has 0 spiro atoms. The van der Waals surface area contributed by atoms with Gasteiger partial charge in [0.25, 0.3) is 0 Å². The number of hydrogen-bond donors (Lipinski definition) is 1. The van der Waals surface area contributed by atoms with Crippen LogP contribution < -0.4 is 0 Å². The van der Waals surface area contributed by atoms with E-state index < -0.39 is 8.25 Å². The topological polar surface area (TPSA) is 59.4 Å². The van der Waals surface area contributed by atoms with Crippen molar-refractivity contribution in [1.82, 2.24) is 4.98 Å². The molecular weight excluding hydrogens is 257 g/mol. The van der Waals surface area contributed by atoms with Crippen LogP contribution >= 0.6 is 19.6 Å². The lowest BCUT2D eigenvalue weighted by molar-refractivity contribution is 0.272. The highest BCUT2D eigenvalue weighted by Crippen LogP contribution is 2.22. The third-order valence-electron chi connectivity index (χ3n) is 1.98. The number of aromatic nitrogens is 1. The molecule has 1 rings (SSSR count). The van der Waals surface area contributed by atoms with Crippen LogP contribution in [0.3, 0.4) is 0 Å². The molecule has 17 heavy (non-hydrogen) atoms. The third kappa shape index (κ3) is 8.50. The maximum absolute atomic E-state index is 10.3. The van der Waals surface area contributed by atoms with Crippen LogP contribution in [-0.4, -0.2) is 9.88 Å². The molecule has 0 amide bonds. The fourth-order valence-electron chi connectivity index (χ4n) is 0.780. The predicted octanol–water partition coefficient (Wildman–Crippen LogP) is 3.97. The van der Waals surface area contributed by atoms with Crippen molar-refractivity contribution in [2.24, 2.45) is 0 Å². The van der Waals surface area contributed by atoms with E-state index in [9.17, 15) is 4.57 Å². The second-order valence-corrected chi connectivity index (χ2v) is 5.64. The van der Waals surface area contributed by atoms with Gasteiger partial charge in [0, 0.05) is 5.38 Å². The Morgan fingerprint density at radius 1 is 1.47 bits per heavy atom. The molecule has 100 valence electrons. The summed E-state index contributed by atoms with van der Waals surface area (Å²) in [6.45, 7) is 8.59. The van der Waals surface area contributed by atoms with E-state index in [2.05, 4.69) is 37.2 Å². The maximum atomic E-state index is 10.3. The minimum atomic E-state index is -2.83. The van der Waals surface area contributed by atoms with Gasteiger partial charge in [-0.2, -0.15) is 0 Å². The van der Waals surface area contributed by atoms with Crippen LogP contribution in [0.25, 0.3) is 0 Å². The highest BCUT2D eigenvalue weighted by atomic mass is 32.1. The van der Waals surface area contributed by atoms with Crippen LogP contribution in [0, 0.1) is 0 Å². The monoisotopic (exact) mass is 279 g/mol. The van der Waals surface area contributed by atoms with Gasteiger partial charge in [-0.05, 0) is 5.92 Å². The van der Waals surface area contributed by atoms with Crippen LogP contribution in [0.4, 0.5) is 0 Å². The van der Waals surface area contributed by atoms with Gasteiger partial charge >= 0.3 is 8.25 Å². The first-order valence-corrected chi connectivity index (χ1v) is 7.95. The molecule has 0 radical (unpaired) electrons. The van der Waals surface area contributed by atoms with Crippen LogP contribution in [-0.2, 0) is 15.7 Å². The van der Waals surface area contributed by atoms with E-state index in [1.54, 1.807) is 0 Å². The van der Waals surface area contributed by atoms with Crippen LogP contribution in [0.2, 0.25) is 0 Å². The van der Waals surface area contributed by atoms with Crippen LogP contribution in [0.5, 0.6) is 0 Å². The Bertz CT molecular complexity index is 326. The zero-order valence-electron chi connectivity index (χ0n) is 10.9. The summed E-state index contributed by atoms with van der Waals surface area (Å²) < 4.78 is 14.8. The van der Waals surface area contributed by atoms with Gasteiger partial charge in [-0.15, -0.1) is 11.3 Å². The van der Waals surface area contributed by atoms with Crippen LogP contribution in [0.1, 0.15) is 57.2 Å². The van der Waals surface area contributed by atoms with E-state index in [0.29, 0.717) is 5.92 Å². The lowest BCUT2D eigenvalue weighted by Gasteiger charge is -1.97. The molecule has 0 fully saturated rings. The van der Waals surface area contributed by atoms with E-state index in [4.69, 9.17) is 4.89 Å². The van der Waals surface area contributed by atoms with Crippen molar-refractivity contribution in [3.05, 3.63) is 16.1 Å². The van der Waals surface area contributed by atoms with E-state index in [-0.39, 0.29) is 6.61 Å². The van der Waals surface area contributed by atoms with Crippen molar-refractivity contribution < 1.29 is 14.0 Å². The molecule has 4 nitrogen and oxygen atoms in total. The van der Waals surface area contributed by atoms with Crippen molar-refractivity contribution in [3.8, 4) is 0 Å². The molecule has 0 bridgehead atoms.